The Morgan fingerprint density at radius 1 is 1.11 bits per heavy atom. The summed E-state index contributed by atoms with van der Waals surface area (Å²) in [4.78, 5) is 31.2. The second-order valence-electron chi connectivity index (χ2n) is 8.04. The number of benzene rings is 2. The summed E-state index contributed by atoms with van der Waals surface area (Å²) in [6, 6.07) is 11.2. The van der Waals surface area contributed by atoms with Gasteiger partial charge in [-0.25, -0.2) is 9.66 Å². The molecule has 0 saturated carbocycles. The number of rotatable bonds is 5. The average molecular weight is 482 g/mol. The van der Waals surface area contributed by atoms with Crippen molar-refractivity contribution in [3.8, 4) is 0 Å². The Morgan fingerprint density at radius 2 is 1.91 bits per heavy atom. The second-order valence-corrected chi connectivity index (χ2v) is 8.04. The monoisotopic (exact) mass is 482 g/mol. The number of halogens is 3. The molecular weight excluding hydrogens is 461 g/mol. The van der Waals surface area contributed by atoms with Crippen LogP contribution in [0, 0.1) is 0 Å². The molecule has 0 amide bonds. The highest BCUT2D eigenvalue weighted by Gasteiger charge is 2.35. The zero-order valence-electron chi connectivity index (χ0n) is 18.5. The average Bonchev–Trinajstić information content (AvgIpc) is 2.85. The van der Waals surface area contributed by atoms with Gasteiger partial charge in [0.1, 0.15) is 23.9 Å². The number of nitrogens with zero attached hydrogens (tertiary/aromatic N) is 5. The van der Waals surface area contributed by atoms with Gasteiger partial charge >= 0.3 is 6.18 Å². The molecule has 3 atom stereocenters. The number of alkyl halides is 3. The van der Waals surface area contributed by atoms with Gasteiger partial charge in [0.05, 0.1) is 41.1 Å². The number of hydrogen-bond acceptors (Lipinski definition) is 8. The first-order chi connectivity index (χ1) is 16.8. The predicted octanol–water partition coefficient (Wildman–Crippen LogP) is 2.75. The molecule has 2 aliphatic rings. The van der Waals surface area contributed by atoms with E-state index in [9.17, 15) is 18.0 Å². The maximum Gasteiger partial charge on any atom is 0.417 e. The zero-order valence-corrected chi connectivity index (χ0v) is 18.5. The van der Waals surface area contributed by atoms with Crippen molar-refractivity contribution in [2.45, 2.75) is 31.3 Å². The quantitative estimate of drug-likeness (QED) is 0.518. The lowest BCUT2D eigenvalue weighted by atomic mass is 10.1. The molecule has 3 heterocycles. The van der Waals surface area contributed by atoms with E-state index in [2.05, 4.69) is 36.0 Å². The number of aliphatic imine (C=N–C) groups is 3. The van der Waals surface area contributed by atoms with Crippen molar-refractivity contribution in [1.29, 1.82) is 0 Å². The van der Waals surface area contributed by atoms with Crippen molar-refractivity contribution >= 4 is 35.0 Å². The molecule has 2 aromatic carbocycles. The fourth-order valence-corrected chi connectivity index (χ4v) is 4.08. The Kier molecular flexibility index (Phi) is 5.81. The van der Waals surface area contributed by atoms with E-state index in [1.54, 1.807) is 43.5 Å². The summed E-state index contributed by atoms with van der Waals surface area (Å²) in [5, 5.41) is 5.75. The van der Waals surface area contributed by atoms with E-state index in [0.29, 0.717) is 18.1 Å². The maximum absolute atomic E-state index is 13.7. The van der Waals surface area contributed by atoms with Crippen molar-refractivity contribution in [3.05, 3.63) is 70.3 Å². The lowest BCUT2D eigenvalue weighted by Gasteiger charge is -2.31. The van der Waals surface area contributed by atoms with Gasteiger partial charge in [-0.1, -0.05) is 24.3 Å². The largest absolute Gasteiger partial charge is 0.417 e. The third kappa shape index (κ3) is 4.39. The zero-order chi connectivity index (χ0) is 24.6. The first-order valence-corrected chi connectivity index (χ1v) is 10.9. The Hall–Kier alpha value is -4.06. The highest BCUT2D eigenvalue weighted by atomic mass is 19.4. The highest BCUT2D eigenvalue weighted by Crippen LogP contribution is 2.33. The summed E-state index contributed by atoms with van der Waals surface area (Å²) in [5.41, 5.74) is 1.48. The molecular formula is C23H21F3N8O. The molecule has 2 aliphatic heterocycles. The lowest BCUT2D eigenvalue weighted by molar-refractivity contribution is -0.136. The van der Waals surface area contributed by atoms with Gasteiger partial charge in [-0.3, -0.25) is 30.5 Å². The van der Waals surface area contributed by atoms with E-state index in [1.165, 1.54) is 18.5 Å². The lowest BCUT2D eigenvalue weighted by Crippen LogP contribution is -2.52. The van der Waals surface area contributed by atoms with Gasteiger partial charge in [-0.15, -0.1) is 0 Å². The van der Waals surface area contributed by atoms with Crippen molar-refractivity contribution in [1.82, 2.24) is 20.3 Å². The van der Waals surface area contributed by atoms with Crippen LogP contribution in [0.4, 0.5) is 18.9 Å². The van der Waals surface area contributed by atoms with Gasteiger partial charge in [0.2, 0.25) is 0 Å². The Morgan fingerprint density at radius 3 is 2.69 bits per heavy atom. The number of anilines is 1. The van der Waals surface area contributed by atoms with Crippen LogP contribution >= 0.6 is 0 Å². The van der Waals surface area contributed by atoms with Crippen LogP contribution in [0.5, 0.6) is 0 Å². The highest BCUT2D eigenvalue weighted by molar-refractivity contribution is 6.00. The number of fused-ring (bicyclic) bond motifs is 2. The molecule has 3 N–H and O–H groups in total. The SMILES string of the molecule is CC(NC1N=CNC2=NCC=NC21)c1nc2cccc(C(F)(F)F)c2c(=O)n1Nc1ccccc1. The molecule has 0 radical (unpaired) electrons. The maximum atomic E-state index is 13.7. The van der Waals surface area contributed by atoms with Crippen molar-refractivity contribution in [2.24, 2.45) is 15.0 Å². The van der Waals surface area contributed by atoms with Crippen LogP contribution in [-0.4, -0.2) is 46.8 Å². The molecule has 35 heavy (non-hydrogen) atoms. The van der Waals surface area contributed by atoms with E-state index in [0.717, 1.165) is 10.7 Å². The van der Waals surface area contributed by atoms with Gasteiger partial charge in [0.15, 0.2) is 0 Å². The van der Waals surface area contributed by atoms with Gasteiger partial charge in [-0.05, 0) is 31.2 Å². The number of amidine groups is 1. The minimum Gasteiger partial charge on any atom is -0.333 e. The van der Waals surface area contributed by atoms with Crippen LogP contribution in [0.3, 0.4) is 0 Å². The van der Waals surface area contributed by atoms with Crippen molar-refractivity contribution in [3.63, 3.8) is 0 Å². The van der Waals surface area contributed by atoms with Crippen molar-refractivity contribution < 1.29 is 13.2 Å². The molecule has 0 fully saturated rings. The number of hydrogen-bond donors (Lipinski definition) is 3. The molecule has 0 spiro atoms. The van der Waals surface area contributed by atoms with Gasteiger partial charge in [0.25, 0.3) is 5.56 Å². The molecule has 1 aromatic heterocycles. The molecule has 12 heteroatoms. The van der Waals surface area contributed by atoms with Crippen LogP contribution in [-0.2, 0) is 6.18 Å². The van der Waals surface area contributed by atoms with E-state index in [4.69, 9.17) is 0 Å². The Labute approximate surface area is 197 Å². The fourth-order valence-electron chi connectivity index (χ4n) is 4.08. The molecule has 0 saturated heterocycles. The molecule has 3 unspecified atom stereocenters. The number of para-hydroxylation sites is 1. The Balaban J connectivity index is 1.61. The molecule has 3 aromatic rings. The number of aromatic nitrogens is 2. The van der Waals surface area contributed by atoms with Gasteiger partial charge in [-0.2, -0.15) is 13.2 Å². The van der Waals surface area contributed by atoms with E-state index in [1.807, 2.05) is 0 Å². The first-order valence-electron chi connectivity index (χ1n) is 10.9. The summed E-state index contributed by atoms with van der Waals surface area (Å²) < 4.78 is 42.2. The normalized spacial score (nSPS) is 20.2. The van der Waals surface area contributed by atoms with E-state index in [-0.39, 0.29) is 11.3 Å². The molecule has 5 rings (SSSR count). The minimum atomic E-state index is -4.71. The summed E-state index contributed by atoms with van der Waals surface area (Å²) in [6.45, 7) is 2.22. The number of nitrogens with one attached hydrogen (secondary N) is 3. The van der Waals surface area contributed by atoms with Crippen LogP contribution in [0.15, 0.2) is 68.3 Å². The minimum absolute atomic E-state index is 0.0497. The van der Waals surface area contributed by atoms with E-state index >= 15 is 0 Å². The van der Waals surface area contributed by atoms with Crippen LogP contribution < -0.4 is 21.6 Å². The third-order valence-corrected chi connectivity index (χ3v) is 5.69. The summed E-state index contributed by atoms with van der Waals surface area (Å²) in [5.74, 6) is 0.853. The Bertz CT molecular complexity index is 1400. The van der Waals surface area contributed by atoms with Crippen LogP contribution in [0.1, 0.15) is 24.4 Å². The summed E-state index contributed by atoms with van der Waals surface area (Å²) >= 11 is 0. The smallest absolute Gasteiger partial charge is 0.333 e. The van der Waals surface area contributed by atoms with E-state index < -0.39 is 40.9 Å². The van der Waals surface area contributed by atoms with Crippen LogP contribution in [0.2, 0.25) is 0 Å². The molecule has 9 nitrogen and oxygen atoms in total. The van der Waals surface area contributed by atoms with Gasteiger partial charge < -0.3 is 5.32 Å². The molecule has 180 valence electrons. The summed E-state index contributed by atoms with van der Waals surface area (Å²) in [7, 11) is 0. The van der Waals surface area contributed by atoms with Crippen LogP contribution in [0.25, 0.3) is 10.9 Å². The second kappa shape index (κ2) is 8.95. The third-order valence-electron chi connectivity index (χ3n) is 5.69. The van der Waals surface area contributed by atoms with Gasteiger partial charge in [0, 0.05) is 6.21 Å². The predicted molar refractivity (Wildman–Crippen MR) is 128 cm³/mol. The molecule has 0 bridgehead atoms. The summed E-state index contributed by atoms with van der Waals surface area (Å²) in [6.07, 6.45) is -2.02. The molecule has 0 aliphatic carbocycles. The first kappa shape index (κ1) is 22.7. The fraction of sp³-hybridized carbons (Fsp3) is 0.261. The van der Waals surface area contributed by atoms with Crippen molar-refractivity contribution in [2.75, 3.05) is 12.0 Å². The standard InChI is InChI=1S/C23H21F3N8O/c1-13(31-20-18-19(29-12-30-20)28-11-10-27-18)21-32-16-9-5-8-15(23(24,25)26)17(16)22(35)34(21)33-14-6-3-2-4-7-14/h2-10,12-13,18,20,31,33H,11H2,1H3,(H,28,29,30). The topological polar surface area (TPSA) is 108 Å².